The topological polar surface area (TPSA) is 64.3 Å². The lowest BCUT2D eigenvalue weighted by molar-refractivity contribution is -0.120. The third-order valence-corrected chi connectivity index (χ3v) is 5.71. The smallest absolute Gasteiger partial charge is 0.227 e. The maximum Gasteiger partial charge on any atom is 0.227 e. The van der Waals surface area contributed by atoms with Crippen LogP contribution in [0.1, 0.15) is 75.9 Å². The minimum absolute atomic E-state index is 0.0339. The lowest BCUT2D eigenvalue weighted by atomic mass is 9.82. The minimum Gasteiger partial charge on any atom is -0.326 e. The van der Waals surface area contributed by atoms with Crippen molar-refractivity contribution in [3.05, 3.63) is 29.8 Å². The van der Waals surface area contributed by atoms with Gasteiger partial charge in [0.05, 0.1) is 0 Å². The zero-order valence-corrected chi connectivity index (χ0v) is 14.5. The fourth-order valence-electron chi connectivity index (χ4n) is 4.26. The zero-order chi connectivity index (χ0) is 16.8. The van der Waals surface area contributed by atoms with Crippen LogP contribution in [0.15, 0.2) is 24.3 Å². The first-order valence-corrected chi connectivity index (χ1v) is 9.54. The summed E-state index contributed by atoms with van der Waals surface area (Å²) in [7, 11) is 0. The molecule has 1 atom stereocenters. The second-order valence-corrected chi connectivity index (χ2v) is 7.40. The van der Waals surface area contributed by atoms with Crippen LogP contribution in [0, 0.1) is 11.8 Å². The van der Waals surface area contributed by atoms with E-state index in [-0.39, 0.29) is 17.9 Å². The van der Waals surface area contributed by atoms with E-state index in [1.54, 1.807) is 0 Å². The van der Waals surface area contributed by atoms with Gasteiger partial charge in [-0.2, -0.15) is 0 Å². The van der Waals surface area contributed by atoms with Crippen LogP contribution >= 0.6 is 0 Å². The Bertz CT molecular complexity index is 517. The number of rotatable bonds is 5. The van der Waals surface area contributed by atoms with Gasteiger partial charge in [0.1, 0.15) is 6.10 Å². The molecule has 0 bridgehead atoms. The molecule has 3 rings (SSSR count). The second-order valence-electron chi connectivity index (χ2n) is 7.40. The van der Waals surface area contributed by atoms with Crippen molar-refractivity contribution in [1.82, 2.24) is 0 Å². The summed E-state index contributed by atoms with van der Waals surface area (Å²) in [4.78, 5) is 17.6. The zero-order valence-electron chi connectivity index (χ0n) is 14.5. The Morgan fingerprint density at radius 2 is 1.54 bits per heavy atom. The molecule has 4 nitrogen and oxygen atoms in total. The highest BCUT2D eigenvalue weighted by molar-refractivity contribution is 5.92. The van der Waals surface area contributed by atoms with E-state index in [0.29, 0.717) is 5.92 Å². The molecule has 0 saturated heterocycles. The molecule has 132 valence electrons. The molecule has 0 spiro atoms. The third kappa shape index (κ3) is 4.37. The number of amides is 1. The normalized spacial score (nSPS) is 21.4. The standard InChI is InChI=1S/C20H30N2O2/c21-24-19(15-7-3-1-4-8-15)16-11-13-18(14-12-16)22-20(23)17-9-5-2-6-10-17/h11-15,17,19H,1-10,21H2,(H,22,23). The SMILES string of the molecule is NOC(c1ccc(NC(=O)C2CCCCC2)cc1)C1CCCCC1. The van der Waals surface area contributed by atoms with Gasteiger partial charge in [-0.15, -0.1) is 0 Å². The highest BCUT2D eigenvalue weighted by Crippen LogP contribution is 2.36. The van der Waals surface area contributed by atoms with Crippen LogP contribution in [0.2, 0.25) is 0 Å². The highest BCUT2D eigenvalue weighted by Gasteiger charge is 2.26. The summed E-state index contributed by atoms with van der Waals surface area (Å²) < 4.78 is 0. The van der Waals surface area contributed by atoms with Crippen LogP contribution in [0.5, 0.6) is 0 Å². The van der Waals surface area contributed by atoms with E-state index in [2.05, 4.69) is 5.32 Å². The molecular weight excluding hydrogens is 300 g/mol. The summed E-state index contributed by atoms with van der Waals surface area (Å²) in [5, 5.41) is 3.06. The highest BCUT2D eigenvalue weighted by atomic mass is 16.6. The maximum absolute atomic E-state index is 12.3. The molecule has 3 N–H and O–H groups in total. The van der Waals surface area contributed by atoms with Crippen molar-refractivity contribution in [2.24, 2.45) is 17.7 Å². The van der Waals surface area contributed by atoms with E-state index in [1.807, 2.05) is 24.3 Å². The second kappa shape index (κ2) is 8.63. The molecule has 1 aromatic carbocycles. The Kier molecular flexibility index (Phi) is 6.27. The van der Waals surface area contributed by atoms with Crippen LogP contribution in [-0.2, 0) is 9.63 Å². The molecule has 0 radical (unpaired) electrons. The van der Waals surface area contributed by atoms with Gasteiger partial charge >= 0.3 is 0 Å². The van der Waals surface area contributed by atoms with Crippen LogP contribution in [-0.4, -0.2) is 5.91 Å². The Morgan fingerprint density at radius 3 is 2.12 bits per heavy atom. The van der Waals surface area contributed by atoms with Crippen molar-refractivity contribution in [1.29, 1.82) is 0 Å². The van der Waals surface area contributed by atoms with Gasteiger partial charge < -0.3 is 5.32 Å². The number of hydrogen-bond donors (Lipinski definition) is 2. The van der Waals surface area contributed by atoms with Gasteiger partial charge in [-0.3, -0.25) is 9.63 Å². The first-order valence-electron chi connectivity index (χ1n) is 9.54. The summed E-state index contributed by atoms with van der Waals surface area (Å²) in [5.41, 5.74) is 1.98. The van der Waals surface area contributed by atoms with Crippen molar-refractivity contribution in [2.45, 2.75) is 70.3 Å². The fraction of sp³-hybridized carbons (Fsp3) is 0.650. The van der Waals surface area contributed by atoms with Crippen molar-refractivity contribution < 1.29 is 9.63 Å². The van der Waals surface area contributed by atoms with Crippen LogP contribution in [0.4, 0.5) is 5.69 Å². The van der Waals surface area contributed by atoms with E-state index in [9.17, 15) is 4.79 Å². The largest absolute Gasteiger partial charge is 0.326 e. The summed E-state index contributed by atoms with van der Waals surface area (Å²) in [6.07, 6.45) is 11.8. The lowest BCUT2D eigenvalue weighted by Crippen LogP contribution is -2.25. The molecule has 24 heavy (non-hydrogen) atoms. The minimum atomic E-state index is -0.0339. The van der Waals surface area contributed by atoms with Crippen molar-refractivity contribution in [3.8, 4) is 0 Å². The van der Waals surface area contributed by atoms with Gasteiger partial charge in [0.25, 0.3) is 0 Å². The average molecular weight is 330 g/mol. The summed E-state index contributed by atoms with van der Waals surface area (Å²) in [5.74, 6) is 6.44. The molecule has 0 heterocycles. The molecule has 0 aromatic heterocycles. The Hall–Kier alpha value is -1.39. The molecule has 1 amide bonds. The lowest BCUT2D eigenvalue weighted by Gasteiger charge is -2.29. The van der Waals surface area contributed by atoms with Gasteiger partial charge in [0, 0.05) is 11.6 Å². The first kappa shape index (κ1) is 17.4. The Balaban J connectivity index is 1.60. The summed E-state index contributed by atoms with van der Waals surface area (Å²) in [6, 6.07) is 8.04. The molecule has 1 aromatic rings. The predicted molar refractivity (Wildman–Crippen MR) is 96.2 cm³/mol. The number of benzene rings is 1. The van der Waals surface area contributed by atoms with Crippen LogP contribution in [0.25, 0.3) is 0 Å². The number of carbonyl (C=O) groups excluding carboxylic acids is 1. The molecule has 2 aliphatic carbocycles. The Morgan fingerprint density at radius 1 is 0.958 bits per heavy atom. The average Bonchev–Trinajstić information content (AvgIpc) is 2.65. The van der Waals surface area contributed by atoms with E-state index in [4.69, 9.17) is 10.7 Å². The van der Waals surface area contributed by atoms with Crippen molar-refractivity contribution in [3.63, 3.8) is 0 Å². The van der Waals surface area contributed by atoms with Gasteiger partial charge in [-0.1, -0.05) is 50.7 Å². The molecular formula is C20H30N2O2. The van der Waals surface area contributed by atoms with E-state index < -0.39 is 0 Å². The number of anilines is 1. The molecule has 2 aliphatic rings. The van der Waals surface area contributed by atoms with Crippen molar-refractivity contribution >= 4 is 11.6 Å². The van der Waals surface area contributed by atoms with Crippen molar-refractivity contribution in [2.75, 3.05) is 5.32 Å². The summed E-state index contributed by atoms with van der Waals surface area (Å²) >= 11 is 0. The molecule has 0 aliphatic heterocycles. The Labute approximate surface area is 145 Å². The van der Waals surface area contributed by atoms with Gasteiger partial charge in [0.2, 0.25) is 5.91 Å². The molecule has 2 fully saturated rings. The number of carbonyl (C=O) groups is 1. The number of hydrogen-bond acceptors (Lipinski definition) is 3. The first-order chi connectivity index (χ1) is 11.8. The van der Waals surface area contributed by atoms with E-state index in [0.717, 1.165) is 24.1 Å². The van der Waals surface area contributed by atoms with Gasteiger partial charge in [0.15, 0.2) is 0 Å². The van der Waals surface area contributed by atoms with Gasteiger partial charge in [-0.05, 0) is 49.3 Å². The van der Waals surface area contributed by atoms with E-state index >= 15 is 0 Å². The van der Waals surface area contributed by atoms with Crippen LogP contribution in [0.3, 0.4) is 0 Å². The molecule has 1 unspecified atom stereocenters. The maximum atomic E-state index is 12.3. The molecule has 4 heteroatoms. The fourth-order valence-corrected chi connectivity index (χ4v) is 4.26. The van der Waals surface area contributed by atoms with Crippen LogP contribution < -0.4 is 11.2 Å². The van der Waals surface area contributed by atoms with Gasteiger partial charge in [-0.25, -0.2) is 5.90 Å². The third-order valence-electron chi connectivity index (χ3n) is 5.71. The number of nitrogens with two attached hydrogens (primary N) is 1. The quantitative estimate of drug-likeness (QED) is 0.768. The molecule has 2 saturated carbocycles. The number of nitrogens with one attached hydrogen (secondary N) is 1. The predicted octanol–water partition coefficient (Wildman–Crippen LogP) is 4.72. The monoisotopic (exact) mass is 330 g/mol. The summed E-state index contributed by atoms with van der Waals surface area (Å²) in [6.45, 7) is 0. The van der Waals surface area contributed by atoms with E-state index in [1.165, 1.54) is 51.4 Å².